The number of anilines is 1. The van der Waals surface area contributed by atoms with E-state index in [2.05, 4.69) is 0 Å². The van der Waals surface area contributed by atoms with Crippen LogP contribution in [0.15, 0.2) is 77.7 Å². The minimum Gasteiger partial charge on any atom is -0.262 e. The van der Waals surface area contributed by atoms with Gasteiger partial charge in [-0.05, 0) is 55.0 Å². The normalized spacial score (nSPS) is 11.3. The molecule has 6 heteroatoms. The smallest absolute Gasteiger partial charge is 0.262 e. The SMILES string of the molecule is Cc1ccc(S(=O)(=O)N(Cc2cccc(F)c2)c2cccc(Cl)c2)cc1. The van der Waals surface area contributed by atoms with Crippen LogP contribution in [0.3, 0.4) is 0 Å². The van der Waals surface area contributed by atoms with Gasteiger partial charge in [0.1, 0.15) is 5.82 Å². The van der Waals surface area contributed by atoms with Crippen molar-refractivity contribution in [3.63, 3.8) is 0 Å². The zero-order valence-electron chi connectivity index (χ0n) is 14.1. The van der Waals surface area contributed by atoms with Gasteiger partial charge in [0.25, 0.3) is 10.0 Å². The highest BCUT2D eigenvalue weighted by Crippen LogP contribution is 2.28. The third kappa shape index (κ3) is 4.06. The van der Waals surface area contributed by atoms with Crippen molar-refractivity contribution in [2.45, 2.75) is 18.4 Å². The summed E-state index contributed by atoms with van der Waals surface area (Å²) in [6.07, 6.45) is 0. The molecule has 0 N–H and O–H groups in total. The monoisotopic (exact) mass is 389 g/mol. The molecule has 0 radical (unpaired) electrons. The van der Waals surface area contributed by atoms with Gasteiger partial charge in [-0.3, -0.25) is 4.31 Å². The molecule has 0 fully saturated rings. The molecule has 26 heavy (non-hydrogen) atoms. The molecule has 0 aliphatic heterocycles. The van der Waals surface area contributed by atoms with E-state index in [1.165, 1.54) is 16.4 Å². The van der Waals surface area contributed by atoms with Crippen molar-refractivity contribution in [2.24, 2.45) is 0 Å². The van der Waals surface area contributed by atoms with Crippen LogP contribution >= 0.6 is 11.6 Å². The van der Waals surface area contributed by atoms with Crippen molar-refractivity contribution in [2.75, 3.05) is 4.31 Å². The topological polar surface area (TPSA) is 37.4 Å². The minimum atomic E-state index is -3.85. The molecule has 134 valence electrons. The quantitative estimate of drug-likeness (QED) is 0.602. The Balaban J connectivity index is 2.09. The number of hydrogen-bond donors (Lipinski definition) is 0. The predicted octanol–water partition coefficient (Wildman–Crippen LogP) is 5.18. The first kappa shape index (κ1) is 18.4. The van der Waals surface area contributed by atoms with Gasteiger partial charge in [0.2, 0.25) is 0 Å². The maximum absolute atomic E-state index is 13.6. The van der Waals surface area contributed by atoms with Gasteiger partial charge in [-0.15, -0.1) is 0 Å². The van der Waals surface area contributed by atoms with E-state index in [9.17, 15) is 12.8 Å². The summed E-state index contributed by atoms with van der Waals surface area (Å²) in [5, 5.41) is 0.422. The molecular formula is C20H17ClFNO2S. The molecule has 0 aliphatic carbocycles. The molecule has 0 aliphatic rings. The van der Waals surface area contributed by atoms with Crippen molar-refractivity contribution in [1.29, 1.82) is 0 Å². The Bertz CT molecular complexity index is 1020. The van der Waals surface area contributed by atoms with E-state index in [-0.39, 0.29) is 11.4 Å². The number of sulfonamides is 1. The van der Waals surface area contributed by atoms with Crippen molar-refractivity contribution in [3.8, 4) is 0 Å². The van der Waals surface area contributed by atoms with E-state index in [0.29, 0.717) is 16.3 Å². The number of aryl methyl sites for hydroxylation is 1. The van der Waals surface area contributed by atoms with Gasteiger partial charge in [-0.2, -0.15) is 0 Å². The molecule has 0 unspecified atom stereocenters. The van der Waals surface area contributed by atoms with Crippen LogP contribution in [0.2, 0.25) is 5.02 Å². The molecule has 3 aromatic rings. The number of benzene rings is 3. The van der Waals surface area contributed by atoms with Gasteiger partial charge in [-0.25, -0.2) is 12.8 Å². The summed E-state index contributed by atoms with van der Waals surface area (Å²) >= 11 is 6.05. The fourth-order valence-electron chi connectivity index (χ4n) is 2.58. The molecule has 3 aromatic carbocycles. The van der Waals surface area contributed by atoms with Gasteiger partial charge < -0.3 is 0 Å². The molecule has 0 bridgehead atoms. The number of hydrogen-bond acceptors (Lipinski definition) is 2. The van der Waals surface area contributed by atoms with Crippen LogP contribution in [0.5, 0.6) is 0 Å². The lowest BCUT2D eigenvalue weighted by atomic mass is 10.2. The molecular weight excluding hydrogens is 373 g/mol. The number of nitrogens with zero attached hydrogens (tertiary/aromatic N) is 1. The first-order chi connectivity index (χ1) is 12.4. The van der Waals surface area contributed by atoms with Crippen LogP contribution in [0.25, 0.3) is 0 Å². The first-order valence-corrected chi connectivity index (χ1v) is 9.77. The molecule has 0 saturated carbocycles. The fraction of sp³-hybridized carbons (Fsp3) is 0.100. The van der Waals surface area contributed by atoms with Gasteiger partial charge >= 0.3 is 0 Å². The summed E-state index contributed by atoms with van der Waals surface area (Å²) in [5.74, 6) is -0.415. The van der Waals surface area contributed by atoms with Gasteiger partial charge in [0.05, 0.1) is 17.1 Å². The summed E-state index contributed by atoms with van der Waals surface area (Å²) in [4.78, 5) is 0.166. The Morgan fingerprint density at radius 2 is 1.65 bits per heavy atom. The van der Waals surface area contributed by atoms with Crippen LogP contribution in [0.4, 0.5) is 10.1 Å². The second-order valence-corrected chi connectivity index (χ2v) is 8.23. The lowest BCUT2D eigenvalue weighted by Crippen LogP contribution is -2.30. The van der Waals surface area contributed by atoms with E-state index in [1.807, 2.05) is 6.92 Å². The third-order valence-electron chi connectivity index (χ3n) is 3.92. The van der Waals surface area contributed by atoms with Crippen LogP contribution in [-0.4, -0.2) is 8.42 Å². The number of halogens is 2. The second-order valence-electron chi connectivity index (χ2n) is 5.93. The van der Waals surface area contributed by atoms with E-state index >= 15 is 0 Å². The van der Waals surface area contributed by atoms with E-state index in [1.54, 1.807) is 60.7 Å². The maximum Gasteiger partial charge on any atom is 0.264 e. The Morgan fingerprint density at radius 1 is 0.962 bits per heavy atom. The Kier molecular flexibility index (Phi) is 5.30. The van der Waals surface area contributed by atoms with Crippen molar-refractivity contribution < 1.29 is 12.8 Å². The predicted molar refractivity (Wildman–Crippen MR) is 102 cm³/mol. The highest BCUT2D eigenvalue weighted by atomic mass is 35.5. The highest BCUT2D eigenvalue weighted by molar-refractivity contribution is 7.92. The lowest BCUT2D eigenvalue weighted by molar-refractivity contribution is 0.589. The molecule has 0 aromatic heterocycles. The molecule has 0 heterocycles. The van der Waals surface area contributed by atoms with Crippen LogP contribution < -0.4 is 4.31 Å². The minimum absolute atomic E-state index is 0.00564. The van der Waals surface area contributed by atoms with Crippen molar-refractivity contribution >= 4 is 27.3 Å². The lowest BCUT2D eigenvalue weighted by Gasteiger charge is -2.25. The van der Waals surface area contributed by atoms with Crippen LogP contribution in [0.1, 0.15) is 11.1 Å². The summed E-state index contributed by atoms with van der Waals surface area (Å²) in [7, 11) is -3.85. The van der Waals surface area contributed by atoms with Gasteiger partial charge in [-0.1, -0.05) is 47.5 Å². The molecule has 3 rings (SSSR count). The van der Waals surface area contributed by atoms with Crippen molar-refractivity contribution in [3.05, 3.63) is 94.8 Å². The second kappa shape index (κ2) is 7.48. The Morgan fingerprint density at radius 3 is 2.31 bits per heavy atom. The third-order valence-corrected chi connectivity index (χ3v) is 5.94. The summed E-state index contributed by atoms with van der Waals surface area (Å²) in [5.41, 5.74) is 1.92. The Hall–Kier alpha value is -2.37. The molecule has 0 saturated heterocycles. The zero-order valence-corrected chi connectivity index (χ0v) is 15.6. The summed E-state index contributed by atoms with van der Waals surface area (Å²) in [6.45, 7) is 1.88. The van der Waals surface area contributed by atoms with Gasteiger partial charge in [0, 0.05) is 5.02 Å². The van der Waals surface area contributed by atoms with Crippen molar-refractivity contribution in [1.82, 2.24) is 0 Å². The van der Waals surface area contributed by atoms with E-state index in [0.717, 1.165) is 5.56 Å². The zero-order chi connectivity index (χ0) is 18.7. The van der Waals surface area contributed by atoms with Gasteiger partial charge in [0.15, 0.2) is 0 Å². The average Bonchev–Trinajstić information content (AvgIpc) is 2.60. The maximum atomic E-state index is 13.6. The largest absolute Gasteiger partial charge is 0.264 e. The molecule has 0 atom stereocenters. The summed E-state index contributed by atoms with van der Waals surface area (Å²) < 4.78 is 41.3. The molecule has 0 spiro atoms. The number of rotatable bonds is 5. The van der Waals surface area contributed by atoms with Crippen LogP contribution in [-0.2, 0) is 16.6 Å². The summed E-state index contributed by atoms with van der Waals surface area (Å²) in [6, 6.07) is 19.1. The average molecular weight is 390 g/mol. The van der Waals surface area contributed by atoms with E-state index in [4.69, 9.17) is 11.6 Å². The Labute approximate surface area is 157 Å². The molecule has 3 nitrogen and oxygen atoms in total. The fourth-order valence-corrected chi connectivity index (χ4v) is 4.21. The molecule has 0 amide bonds. The standard InChI is InChI=1S/C20H17ClFNO2S/c1-15-8-10-20(11-9-15)26(24,25)23(19-7-3-5-17(21)13-19)14-16-4-2-6-18(22)12-16/h2-13H,14H2,1H3. The highest BCUT2D eigenvalue weighted by Gasteiger charge is 2.25. The first-order valence-electron chi connectivity index (χ1n) is 7.96. The van der Waals surface area contributed by atoms with Crippen LogP contribution in [0, 0.1) is 12.7 Å². The van der Waals surface area contributed by atoms with E-state index < -0.39 is 15.8 Å².